The lowest BCUT2D eigenvalue weighted by molar-refractivity contribution is -0.124. The van der Waals surface area contributed by atoms with Crippen LogP contribution in [0.15, 0.2) is 18.2 Å². The normalized spacial score (nSPS) is 9.47. The molecule has 1 aromatic rings. The first kappa shape index (κ1) is 11.1. The number of nitrogens with zero attached hydrogens (tertiary/aromatic N) is 2. The zero-order chi connectivity index (χ0) is 11.4. The zero-order valence-corrected chi connectivity index (χ0v) is 8.00. The number of halogens is 2. The van der Waals surface area contributed by atoms with E-state index >= 15 is 0 Å². The van der Waals surface area contributed by atoms with E-state index in [-0.39, 0.29) is 6.54 Å². The fraction of sp³-hybridized carbons (Fsp3) is 0.200. The summed E-state index contributed by atoms with van der Waals surface area (Å²) < 4.78 is 25.3. The number of rotatable bonds is 2. The minimum absolute atomic E-state index is 0.0730. The molecule has 0 fully saturated rings. The van der Waals surface area contributed by atoms with Crippen molar-refractivity contribution < 1.29 is 13.6 Å². The minimum Gasteiger partial charge on any atom is -0.329 e. The molecule has 0 saturated carbocycles. The molecule has 78 valence electrons. The Morgan fingerprint density at radius 2 is 2.13 bits per heavy atom. The van der Waals surface area contributed by atoms with E-state index in [1.54, 1.807) is 0 Å². The Hall–Kier alpha value is -1.96. The third kappa shape index (κ3) is 2.74. The molecule has 0 N–H and O–H groups in total. The molecule has 5 heteroatoms. The van der Waals surface area contributed by atoms with E-state index in [1.807, 2.05) is 0 Å². The molecule has 1 rings (SSSR count). The Morgan fingerprint density at radius 1 is 1.47 bits per heavy atom. The Bertz CT molecular complexity index is 426. The minimum atomic E-state index is -0.967. The SMILES string of the molecule is CN(Cc1ccc(F)c(F)c1)C(=O)C#N. The summed E-state index contributed by atoms with van der Waals surface area (Å²) in [7, 11) is 1.41. The van der Waals surface area contributed by atoms with Crippen LogP contribution in [0, 0.1) is 23.0 Å². The molecule has 0 heterocycles. The molecular weight excluding hydrogens is 202 g/mol. The molecule has 0 radical (unpaired) electrons. The largest absolute Gasteiger partial charge is 0.329 e. The predicted octanol–water partition coefficient (Wildman–Crippen LogP) is 1.45. The van der Waals surface area contributed by atoms with Crippen molar-refractivity contribution in [1.29, 1.82) is 5.26 Å². The number of carbonyl (C=O) groups excluding carboxylic acids is 1. The van der Waals surface area contributed by atoms with Gasteiger partial charge in [0.2, 0.25) is 0 Å². The van der Waals surface area contributed by atoms with Crippen LogP contribution < -0.4 is 0 Å². The number of nitriles is 1. The van der Waals surface area contributed by atoms with Crippen LogP contribution in [0.4, 0.5) is 8.78 Å². The van der Waals surface area contributed by atoms with Gasteiger partial charge in [-0.1, -0.05) is 6.07 Å². The van der Waals surface area contributed by atoms with Gasteiger partial charge in [-0.3, -0.25) is 4.79 Å². The van der Waals surface area contributed by atoms with Crippen molar-refractivity contribution in [3.05, 3.63) is 35.4 Å². The fourth-order valence-electron chi connectivity index (χ4n) is 1.07. The second kappa shape index (κ2) is 4.51. The van der Waals surface area contributed by atoms with Crippen molar-refractivity contribution in [2.45, 2.75) is 6.54 Å². The summed E-state index contributed by atoms with van der Waals surface area (Å²) in [5, 5.41) is 8.31. The lowest BCUT2D eigenvalue weighted by atomic mass is 10.2. The Labute approximate surface area is 85.5 Å². The lowest BCUT2D eigenvalue weighted by Crippen LogP contribution is -2.24. The smallest absolute Gasteiger partial charge is 0.325 e. The summed E-state index contributed by atoms with van der Waals surface area (Å²) in [5.74, 6) is -2.63. The number of hydrogen-bond acceptors (Lipinski definition) is 2. The molecule has 0 aliphatic heterocycles. The number of hydrogen-bond donors (Lipinski definition) is 0. The first-order valence-corrected chi connectivity index (χ1v) is 4.13. The van der Waals surface area contributed by atoms with Gasteiger partial charge in [-0.05, 0) is 17.7 Å². The highest BCUT2D eigenvalue weighted by Crippen LogP contribution is 2.10. The van der Waals surface area contributed by atoms with E-state index < -0.39 is 17.5 Å². The van der Waals surface area contributed by atoms with Gasteiger partial charge in [0.15, 0.2) is 17.7 Å². The molecule has 3 nitrogen and oxygen atoms in total. The maximum absolute atomic E-state index is 12.8. The first-order chi connectivity index (χ1) is 7.04. The molecule has 0 atom stereocenters. The van der Waals surface area contributed by atoms with Crippen molar-refractivity contribution >= 4 is 5.91 Å². The van der Waals surface area contributed by atoms with Crippen LogP contribution >= 0.6 is 0 Å². The summed E-state index contributed by atoms with van der Waals surface area (Å²) in [6.45, 7) is 0.0730. The van der Waals surface area contributed by atoms with E-state index in [0.29, 0.717) is 5.56 Å². The molecule has 0 saturated heterocycles. The van der Waals surface area contributed by atoms with Crippen molar-refractivity contribution in [2.75, 3.05) is 7.05 Å². The van der Waals surface area contributed by atoms with E-state index in [9.17, 15) is 13.6 Å². The summed E-state index contributed by atoms with van der Waals surface area (Å²) >= 11 is 0. The summed E-state index contributed by atoms with van der Waals surface area (Å²) in [6, 6.07) is 4.77. The molecule has 0 aromatic heterocycles. The van der Waals surface area contributed by atoms with Crippen LogP contribution in [0.3, 0.4) is 0 Å². The van der Waals surface area contributed by atoms with Crippen molar-refractivity contribution in [3.63, 3.8) is 0 Å². The van der Waals surface area contributed by atoms with Gasteiger partial charge < -0.3 is 4.90 Å². The third-order valence-electron chi connectivity index (χ3n) is 1.85. The van der Waals surface area contributed by atoms with Crippen LogP contribution in [-0.2, 0) is 11.3 Å². The summed E-state index contributed by atoms with van der Waals surface area (Å²) in [5.41, 5.74) is 0.431. The second-order valence-electron chi connectivity index (χ2n) is 3.02. The molecule has 0 bridgehead atoms. The molecule has 1 aromatic carbocycles. The van der Waals surface area contributed by atoms with Crippen molar-refractivity contribution in [1.82, 2.24) is 4.90 Å². The number of amides is 1. The van der Waals surface area contributed by atoms with Crippen LogP contribution in [0.5, 0.6) is 0 Å². The molecule has 0 aliphatic carbocycles. The van der Waals surface area contributed by atoms with Gasteiger partial charge >= 0.3 is 5.91 Å². The topological polar surface area (TPSA) is 44.1 Å². The average molecular weight is 210 g/mol. The first-order valence-electron chi connectivity index (χ1n) is 4.13. The van der Waals surface area contributed by atoms with E-state index in [0.717, 1.165) is 17.0 Å². The van der Waals surface area contributed by atoms with Gasteiger partial charge in [-0.15, -0.1) is 0 Å². The van der Waals surface area contributed by atoms with Crippen LogP contribution in [0.2, 0.25) is 0 Å². The molecule has 0 spiro atoms. The van der Waals surface area contributed by atoms with E-state index in [4.69, 9.17) is 5.26 Å². The zero-order valence-electron chi connectivity index (χ0n) is 8.00. The van der Waals surface area contributed by atoms with Crippen LogP contribution in [-0.4, -0.2) is 17.9 Å². The lowest BCUT2D eigenvalue weighted by Gasteiger charge is -2.12. The number of carbonyl (C=O) groups is 1. The Morgan fingerprint density at radius 3 is 2.67 bits per heavy atom. The third-order valence-corrected chi connectivity index (χ3v) is 1.85. The highest BCUT2D eigenvalue weighted by molar-refractivity contribution is 5.90. The standard InChI is InChI=1S/C10H8F2N2O/c1-14(10(15)5-13)6-7-2-3-8(11)9(12)4-7/h2-4H,6H2,1H3. The molecule has 0 aliphatic rings. The average Bonchev–Trinajstić information content (AvgIpc) is 2.22. The summed E-state index contributed by atoms with van der Waals surface area (Å²) in [6.07, 6.45) is 0. The van der Waals surface area contributed by atoms with E-state index in [1.165, 1.54) is 19.2 Å². The van der Waals surface area contributed by atoms with E-state index in [2.05, 4.69) is 0 Å². The highest BCUT2D eigenvalue weighted by Gasteiger charge is 2.09. The van der Waals surface area contributed by atoms with Gasteiger partial charge in [0.05, 0.1) is 0 Å². The maximum Gasteiger partial charge on any atom is 0.325 e. The van der Waals surface area contributed by atoms with Gasteiger partial charge in [0, 0.05) is 13.6 Å². The number of benzene rings is 1. The fourth-order valence-corrected chi connectivity index (χ4v) is 1.07. The molecular formula is C10H8F2N2O. The Kier molecular flexibility index (Phi) is 3.34. The van der Waals surface area contributed by atoms with Gasteiger partial charge in [-0.2, -0.15) is 5.26 Å². The van der Waals surface area contributed by atoms with Crippen molar-refractivity contribution in [2.24, 2.45) is 0 Å². The molecule has 0 unspecified atom stereocenters. The monoisotopic (exact) mass is 210 g/mol. The second-order valence-corrected chi connectivity index (χ2v) is 3.02. The summed E-state index contributed by atoms with van der Waals surface area (Å²) in [4.78, 5) is 12.0. The van der Waals surface area contributed by atoms with Gasteiger partial charge in [-0.25, -0.2) is 8.78 Å². The molecule has 15 heavy (non-hydrogen) atoms. The maximum atomic E-state index is 12.8. The van der Waals surface area contributed by atoms with Gasteiger partial charge in [0.25, 0.3) is 0 Å². The predicted molar refractivity (Wildman–Crippen MR) is 48.4 cm³/mol. The Balaban J connectivity index is 2.78. The van der Waals surface area contributed by atoms with Crippen molar-refractivity contribution in [3.8, 4) is 6.07 Å². The van der Waals surface area contributed by atoms with Gasteiger partial charge in [0.1, 0.15) is 0 Å². The van der Waals surface area contributed by atoms with Crippen LogP contribution in [0.1, 0.15) is 5.56 Å². The quantitative estimate of drug-likeness (QED) is 0.693. The van der Waals surface area contributed by atoms with Crippen LogP contribution in [0.25, 0.3) is 0 Å². The highest BCUT2D eigenvalue weighted by atomic mass is 19.2. The molecule has 1 amide bonds.